The van der Waals surface area contributed by atoms with Crippen molar-refractivity contribution >= 4 is 28.3 Å². The molecule has 0 amide bonds. The first kappa shape index (κ1) is 19.8. The molecule has 5 nitrogen and oxygen atoms in total. The Balaban J connectivity index is 1.68. The number of hydrogen-bond donors (Lipinski definition) is 0. The van der Waals surface area contributed by atoms with E-state index in [0.29, 0.717) is 6.54 Å². The molecular weight excluding hydrogens is 410 g/mol. The minimum Gasteiger partial charge on any atom is -0.468 e. The van der Waals surface area contributed by atoms with E-state index >= 15 is 0 Å². The number of aryl methyl sites for hydroxylation is 2. The predicted octanol–water partition coefficient (Wildman–Crippen LogP) is 5.40. The summed E-state index contributed by atoms with van der Waals surface area (Å²) in [7, 11) is 1.48. The molecule has 6 rings (SSSR count). The van der Waals surface area contributed by atoms with E-state index in [1.165, 1.54) is 12.5 Å². The van der Waals surface area contributed by atoms with E-state index in [1.807, 2.05) is 53.5 Å². The van der Waals surface area contributed by atoms with E-state index in [2.05, 4.69) is 48.7 Å². The van der Waals surface area contributed by atoms with Crippen LogP contribution in [0.3, 0.4) is 0 Å². The summed E-state index contributed by atoms with van der Waals surface area (Å²) in [6.07, 6.45) is 0. The van der Waals surface area contributed by atoms with Gasteiger partial charge < -0.3 is 9.30 Å². The molecule has 4 aromatic rings. The Hall–Kier alpha value is -3.86. The molecule has 0 radical (unpaired) electrons. The first-order valence-corrected chi connectivity index (χ1v) is 11.2. The zero-order chi connectivity index (χ0) is 22.7. The summed E-state index contributed by atoms with van der Waals surface area (Å²) in [6, 6.07) is 26.4. The van der Waals surface area contributed by atoms with E-state index in [9.17, 15) is 4.79 Å². The number of aromatic nitrogens is 1. The number of para-hydroxylation sites is 2. The number of hydrogen-bond acceptors (Lipinski definition) is 4. The summed E-state index contributed by atoms with van der Waals surface area (Å²) in [5.74, 6) is -0.250. The second kappa shape index (κ2) is 7.07. The Labute approximate surface area is 192 Å². The van der Waals surface area contributed by atoms with Gasteiger partial charge in [-0.05, 0) is 48.7 Å². The van der Waals surface area contributed by atoms with Gasteiger partial charge in [0.25, 0.3) is 0 Å². The van der Waals surface area contributed by atoms with Crippen LogP contribution in [0.5, 0.6) is 0 Å². The molecule has 0 aliphatic carbocycles. The van der Waals surface area contributed by atoms with Crippen LogP contribution in [0.1, 0.15) is 28.4 Å². The number of anilines is 1. The van der Waals surface area contributed by atoms with E-state index in [4.69, 9.17) is 9.84 Å². The summed E-state index contributed by atoms with van der Waals surface area (Å²) < 4.78 is 7.77. The van der Waals surface area contributed by atoms with Crippen molar-refractivity contribution in [3.8, 4) is 0 Å². The number of carbonyl (C=O) groups is 1. The monoisotopic (exact) mass is 435 g/mol. The summed E-state index contributed by atoms with van der Waals surface area (Å²) in [4.78, 5) is 13.8. The van der Waals surface area contributed by atoms with Crippen LogP contribution in [0.15, 0.2) is 84.0 Å². The van der Waals surface area contributed by atoms with Crippen LogP contribution in [0, 0.1) is 19.3 Å². The number of ether oxygens (including phenoxy) is 1. The lowest BCUT2D eigenvalue weighted by Gasteiger charge is -2.35. The lowest BCUT2D eigenvalue weighted by molar-refractivity contribution is -0.149. The Bertz CT molecular complexity index is 1440. The number of methoxy groups -OCH3 is 1. The van der Waals surface area contributed by atoms with Crippen molar-refractivity contribution in [2.45, 2.75) is 26.4 Å². The Morgan fingerprint density at radius 2 is 1.67 bits per heavy atom. The standard InChI is InChI=1S/C28H25N3O2/c1-18-11-7-8-14-21(18)26-28(27(32)33-3)17-30-23-16-10-9-15-22(23)19(2)24(30)25(28)29-31(26)20-12-5-4-6-13-20/h4-16,26H,17H2,1-3H3/t26-,28+/m1/s1. The molecule has 0 saturated heterocycles. The lowest BCUT2D eigenvalue weighted by atomic mass is 9.73. The highest BCUT2D eigenvalue weighted by Gasteiger charge is 2.63. The largest absolute Gasteiger partial charge is 0.468 e. The van der Waals surface area contributed by atoms with Crippen molar-refractivity contribution in [3.63, 3.8) is 0 Å². The number of nitrogens with zero attached hydrogens (tertiary/aromatic N) is 3. The molecule has 1 aromatic heterocycles. The van der Waals surface area contributed by atoms with Crippen LogP contribution >= 0.6 is 0 Å². The molecule has 0 fully saturated rings. The van der Waals surface area contributed by atoms with Crippen molar-refractivity contribution in [3.05, 3.63) is 101 Å². The number of esters is 1. The third-order valence-electron chi connectivity index (χ3n) is 7.25. The fourth-order valence-electron chi connectivity index (χ4n) is 5.74. The fraction of sp³-hybridized carbons (Fsp3) is 0.214. The molecule has 0 saturated carbocycles. The molecule has 2 aliphatic heterocycles. The van der Waals surface area contributed by atoms with Crippen LogP contribution in [-0.2, 0) is 16.1 Å². The predicted molar refractivity (Wildman–Crippen MR) is 131 cm³/mol. The molecule has 2 atom stereocenters. The third-order valence-corrected chi connectivity index (χ3v) is 7.25. The quantitative estimate of drug-likeness (QED) is 0.405. The number of benzene rings is 3. The van der Waals surface area contributed by atoms with Gasteiger partial charge in [-0.15, -0.1) is 0 Å². The zero-order valence-corrected chi connectivity index (χ0v) is 18.9. The second-order valence-corrected chi connectivity index (χ2v) is 8.93. The number of carbonyl (C=O) groups excluding carboxylic acids is 1. The molecule has 3 heterocycles. The van der Waals surface area contributed by atoms with Crippen molar-refractivity contribution in [2.24, 2.45) is 10.5 Å². The molecule has 0 N–H and O–H groups in total. The summed E-state index contributed by atoms with van der Waals surface area (Å²) >= 11 is 0. The SMILES string of the molecule is COC(=O)[C@@]12Cn3c(c(C)c4ccccc43)C1=NN(c1ccccc1)[C@@H]2c1ccccc1C. The van der Waals surface area contributed by atoms with Gasteiger partial charge in [-0.1, -0.05) is 60.7 Å². The molecule has 164 valence electrons. The lowest BCUT2D eigenvalue weighted by Crippen LogP contribution is -2.45. The van der Waals surface area contributed by atoms with Crippen molar-refractivity contribution in [2.75, 3.05) is 12.1 Å². The molecule has 0 spiro atoms. The highest BCUT2D eigenvalue weighted by molar-refractivity contribution is 6.21. The summed E-state index contributed by atoms with van der Waals surface area (Å²) in [5.41, 5.74) is 6.31. The molecule has 0 unspecified atom stereocenters. The van der Waals surface area contributed by atoms with Crippen LogP contribution in [0.2, 0.25) is 0 Å². The van der Waals surface area contributed by atoms with Gasteiger partial charge in [0, 0.05) is 17.4 Å². The average Bonchev–Trinajstić information content (AvgIpc) is 3.45. The van der Waals surface area contributed by atoms with Crippen LogP contribution in [-0.4, -0.2) is 23.4 Å². The van der Waals surface area contributed by atoms with E-state index < -0.39 is 5.41 Å². The summed E-state index contributed by atoms with van der Waals surface area (Å²) in [6.45, 7) is 4.71. The van der Waals surface area contributed by atoms with Gasteiger partial charge in [-0.2, -0.15) is 5.10 Å². The highest BCUT2D eigenvalue weighted by Crippen LogP contribution is 2.55. The number of fused-ring (bicyclic) bond motifs is 5. The second-order valence-electron chi connectivity index (χ2n) is 8.93. The molecule has 5 heteroatoms. The van der Waals surface area contributed by atoms with Crippen molar-refractivity contribution < 1.29 is 9.53 Å². The van der Waals surface area contributed by atoms with Crippen molar-refractivity contribution in [1.82, 2.24) is 4.57 Å². The molecule has 0 bridgehead atoms. The first-order valence-electron chi connectivity index (χ1n) is 11.2. The van der Waals surface area contributed by atoms with E-state index in [-0.39, 0.29) is 12.0 Å². The Morgan fingerprint density at radius 1 is 0.970 bits per heavy atom. The minimum atomic E-state index is -0.944. The van der Waals surface area contributed by atoms with Gasteiger partial charge in [0.1, 0.15) is 11.8 Å². The molecule has 3 aromatic carbocycles. The number of hydrazone groups is 1. The third kappa shape index (κ3) is 2.53. The molecule has 33 heavy (non-hydrogen) atoms. The fourth-order valence-corrected chi connectivity index (χ4v) is 5.74. The topological polar surface area (TPSA) is 46.8 Å². The van der Waals surface area contributed by atoms with Gasteiger partial charge in [-0.25, -0.2) is 0 Å². The van der Waals surface area contributed by atoms with Gasteiger partial charge in [0.15, 0.2) is 5.41 Å². The normalized spacial score (nSPS) is 21.1. The molecule has 2 aliphatic rings. The van der Waals surface area contributed by atoms with Gasteiger partial charge in [-0.3, -0.25) is 9.80 Å². The molecular formula is C28H25N3O2. The maximum Gasteiger partial charge on any atom is 0.322 e. The van der Waals surface area contributed by atoms with Crippen LogP contribution < -0.4 is 5.01 Å². The zero-order valence-electron chi connectivity index (χ0n) is 18.9. The van der Waals surface area contributed by atoms with Gasteiger partial charge in [0.2, 0.25) is 0 Å². The number of rotatable bonds is 3. The van der Waals surface area contributed by atoms with E-state index in [0.717, 1.165) is 39.3 Å². The van der Waals surface area contributed by atoms with Gasteiger partial charge in [0.05, 0.1) is 18.5 Å². The highest BCUT2D eigenvalue weighted by atomic mass is 16.5. The van der Waals surface area contributed by atoms with Gasteiger partial charge >= 0.3 is 5.97 Å². The van der Waals surface area contributed by atoms with Crippen molar-refractivity contribution in [1.29, 1.82) is 0 Å². The van der Waals surface area contributed by atoms with E-state index in [1.54, 1.807) is 0 Å². The summed E-state index contributed by atoms with van der Waals surface area (Å²) in [5, 5.41) is 8.40. The first-order chi connectivity index (χ1) is 16.1. The smallest absolute Gasteiger partial charge is 0.322 e. The van der Waals surface area contributed by atoms with Crippen LogP contribution in [0.4, 0.5) is 5.69 Å². The minimum absolute atomic E-state index is 0.250. The maximum absolute atomic E-state index is 13.8. The van der Waals surface area contributed by atoms with Crippen LogP contribution in [0.25, 0.3) is 10.9 Å². The maximum atomic E-state index is 13.8. The Morgan fingerprint density at radius 3 is 2.42 bits per heavy atom. The average molecular weight is 436 g/mol. The Kier molecular flexibility index (Phi) is 4.24.